The largest absolute Gasteiger partial charge is 0.305 e. The maximum atomic E-state index is 4.35. The van der Waals surface area contributed by atoms with Crippen LogP contribution in [0.4, 0.5) is 0 Å². The molecule has 0 amide bonds. The summed E-state index contributed by atoms with van der Waals surface area (Å²) >= 11 is 1.78. The van der Waals surface area contributed by atoms with Gasteiger partial charge < -0.3 is 5.32 Å². The second kappa shape index (κ2) is 5.89. The third-order valence-corrected chi connectivity index (χ3v) is 3.81. The minimum absolute atomic E-state index is 0.316. The Kier molecular flexibility index (Phi) is 4.23. The highest BCUT2D eigenvalue weighted by atomic mass is 32.1. The number of aryl methyl sites for hydroxylation is 1. The Morgan fingerprint density at radius 1 is 1.41 bits per heavy atom. The average Bonchev–Trinajstić information content (AvgIpc) is 2.85. The summed E-state index contributed by atoms with van der Waals surface area (Å²) in [7, 11) is 0. The van der Waals surface area contributed by atoms with Gasteiger partial charge in [0, 0.05) is 36.1 Å². The SMILES string of the molecule is CCc1ncc(CNC(C)c2cccnc2)s1. The Labute approximate surface area is 106 Å². The van der Waals surface area contributed by atoms with Crippen LogP contribution in [-0.2, 0) is 13.0 Å². The number of hydrogen-bond donors (Lipinski definition) is 1. The molecule has 0 aromatic carbocycles. The number of thiazole rings is 1. The van der Waals surface area contributed by atoms with Crippen LogP contribution in [0.5, 0.6) is 0 Å². The summed E-state index contributed by atoms with van der Waals surface area (Å²) in [4.78, 5) is 9.77. The van der Waals surface area contributed by atoms with E-state index < -0.39 is 0 Å². The molecule has 4 heteroatoms. The maximum absolute atomic E-state index is 4.35. The molecule has 2 aromatic heterocycles. The maximum Gasteiger partial charge on any atom is 0.0925 e. The van der Waals surface area contributed by atoms with Crippen molar-refractivity contribution < 1.29 is 0 Å². The van der Waals surface area contributed by atoms with Crippen molar-refractivity contribution in [3.8, 4) is 0 Å². The fraction of sp³-hybridized carbons (Fsp3) is 0.385. The van der Waals surface area contributed by atoms with Crippen LogP contribution in [0.25, 0.3) is 0 Å². The number of pyridine rings is 1. The molecule has 2 aromatic rings. The zero-order valence-corrected chi connectivity index (χ0v) is 11.0. The monoisotopic (exact) mass is 247 g/mol. The van der Waals surface area contributed by atoms with Crippen LogP contribution in [0.1, 0.15) is 35.3 Å². The molecule has 17 heavy (non-hydrogen) atoms. The first-order chi connectivity index (χ1) is 8.29. The highest BCUT2D eigenvalue weighted by Gasteiger charge is 2.06. The Bertz CT molecular complexity index is 453. The fourth-order valence-electron chi connectivity index (χ4n) is 1.60. The van der Waals surface area contributed by atoms with Gasteiger partial charge in [-0.2, -0.15) is 0 Å². The van der Waals surface area contributed by atoms with E-state index in [4.69, 9.17) is 0 Å². The van der Waals surface area contributed by atoms with Crippen molar-refractivity contribution >= 4 is 11.3 Å². The number of nitrogens with one attached hydrogen (secondary N) is 1. The summed E-state index contributed by atoms with van der Waals surface area (Å²) in [5.74, 6) is 0. The van der Waals surface area contributed by atoms with Crippen molar-refractivity contribution in [2.75, 3.05) is 0 Å². The molecule has 0 aliphatic rings. The minimum Gasteiger partial charge on any atom is -0.305 e. The van der Waals surface area contributed by atoms with E-state index >= 15 is 0 Å². The molecular weight excluding hydrogens is 230 g/mol. The van der Waals surface area contributed by atoms with Gasteiger partial charge in [-0.15, -0.1) is 11.3 Å². The number of aromatic nitrogens is 2. The van der Waals surface area contributed by atoms with E-state index in [-0.39, 0.29) is 0 Å². The Morgan fingerprint density at radius 3 is 2.94 bits per heavy atom. The highest BCUT2D eigenvalue weighted by molar-refractivity contribution is 7.11. The summed E-state index contributed by atoms with van der Waals surface area (Å²) < 4.78 is 0. The van der Waals surface area contributed by atoms with Crippen LogP contribution in [0, 0.1) is 0 Å². The molecule has 1 N–H and O–H groups in total. The molecule has 1 unspecified atom stereocenters. The van der Waals surface area contributed by atoms with Gasteiger partial charge in [0.05, 0.1) is 5.01 Å². The summed E-state index contributed by atoms with van der Waals surface area (Å²) in [6, 6.07) is 4.38. The first-order valence-corrected chi connectivity index (χ1v) is 6.68. The van der Waals surface area contributed by atoms with Crippen molar-refractivity contribution in [3.63, 3.8) is 0 Å². The molecule has 0 aliphatic carbocycles. The first kappa shape index (κ1) is 12.2. The highest BCUT2D eigenvalue weighted by Crippen LogP contribution is 2.15. The van der Waals surface area contributed by atoms with E-state index in [1.807, 2.05) is 18.5 Å². The average molecular weight is 247 g/mol. The number of nitrogens with zero attached hydrogens (tertiary/aromatic N) is 2. The van der Waals surface area contributed by atoms with E-state index in [9.17, 15) is 0 Å². The van der Waals surface area contributed by atoms with Crippen LogP contribution in [0.2, 0.25) is 0 Å². The summed E-state index contributed by atoms with van der Waals surface area (Å²) in [5, 5.41) is 4.69. The molecular formula is C13H17N3S. The van der Waals surface area contributed by atoms with Crippen LogP contribution >= 0.6 is 11.3 Å². The van der Waals surface area contributed by atoms with Crippen LogP contribution < -0.4 is 5.32 Å². The third-order valence-electron chi connectivity index (χ3n) is 2.67. The molecule has 0 bridgehead atoms. The quantitative estimate of drug-likeness (QED) is 0.882. The molecule has 0 radical (unpaired) electrons. The molecule has 0 aliphatic heterocycles. The molecule has 2 heterocycles. The summed E-state index contributed by atoms with van der Waals surface area (Å²) in [5.41, 5.74) is 1.22. The molecule has 0 saturated heterocycles. The van der Waals surface area contributed by atoms with Gasteiger partial charge in [-0.1, -0.05) is 13.0 Å². The second-order valence-corrected chi connectivity index (χ2v) is 5.16. The number of hydrogen-bond acceptors (Lipinski definition) is 4. The fourth-order valence-corrected chi connectivity index (χ4v) is 2.41. The molecule has 90 valence electrons. The van der Waals surface area contributed by atoms with Gasteiger partial charge in [0.25, 0.3) is 0 Å². The Hall–Kier alpha value is -1.26. The Morgan fingerprint density at radius 2 is 2.29 bits per heavy atom. The predicted octanol–water partition coefficient (Wildman–Crippen LogP) is 2.95. The van der Waals surface area contributed by atoms with E-state index in [1.165, 1.54) is 15.4 Å². The lowest BCUT2D eigenvalue weighted by Crippen LogP contribution is -2.17. The van der Waals surface area contributed by atoms with Gasteiger partial charge >= 0.3 is 0 Å². The molecule has 0 saturated carbocycles. The number of rotatable bonds is 5. The zero-order valence-electron chi connectivity index (χ0n) is 10.2. The molecule has 0 fully saturated rings. The third kappa shape index (κ3) is 3.35. The summed E-state index contributed by atoms with van der Waals surface area (Å²) in [6.45, 7) is 5.15. The van der Waals surface area contributed by atoms with Gasteiger partial charge in [-0.25, -0.2) is 4.98 Å². The molecule has 1 atom stereocenters. The Balaban J connectivity index is 1.90. The lowest BCUT2D eigenvalue weighted by atomic mass is 10.1. The van der Waals surface area contributed by atoms with E-state index in [2.05, 4.69) is 35.2 Å². The predicted molar refractivity (Wildman–Crippen MR) is 71.0 cm³/mol. The van der Waals surface area contributed by atoms with Gasteiger partial charge in [0.15, 0.2) is 0 Å². The van der Waals surface area contributed by atoms with Crippen LogP contribution in [0.15, 0.2) is 30.7 Å². The van der Waals surface area contributed by atoms with Crippen molar-refractivity contribution in [1.29, 1.82) is 0 Å². The standard InChI is InChI=1S/C13H17N3S/c1-3-13-16-9-12(17-13)8-15-10(2)11-5-4-6-14-7-11/h4-7,9-10,15H,3,8H2,1-2H3. The van der Waals surface area contributed by atoms with E-state index in [0.29, 0.717) is 6.04 Å². The van der Waals surface area contributed by atoms with Gasteiger partial charge in [0.1, 0.15) is 0 Å². The smallest absolute Gasteiger partial charge is 0.0925 e. The normalized spacial score (nSPS) is 12.6. The van der Waals surface area contributed by atoms with Crippen LogP contribution in [-0.4, -0.2) is 9.97 Å². The first-order valence-electron chi connectivity index (χ1n) is 5.86. The van der Waals surface area contributed by atoms with Crippen molar-refractivity contribution in [2.45, 2.75) is 32.9 Å². The topological polar surface area (TPSA) is 37.8 Å². The molecule has 3 nitrogen and oxygen atoms in total. The van der Waals surface area contributed by atoms with Gasteiger partial charge in [-0.05, 0) is 25.0 Å². The van der Waals surface area contributed by atoms with E-state index in [1.54, 1.807) is 17.5 Å². The van der Waals surface area contributed by atoms with Gasteiger partial charge in [0.2, 0.25) is 0 Å². The van der Waals surface area contributed by atoms with Crippen molar-refractivity contribution in [1.82, 2.24) is 15.3 Å². The minimum atomic E-state index is 0.316. The second-order valence-electron chi connectivity index (χ2n) is 3.96. The van der Waals surface area contributed by atoms with E-state index in [0.717, 1.165) is 13.0 Å². The van der Waals surface area contributed by atoms with Gasteiger partial charge in [-0.3, -0.25) is 4.98 Å². The van der Waals surface area contributed by atoms with Crippen molar-refractivity contribution in [2.24, 2.45) is 0 Å². The molecule has 0 spiro atoms. The van der Waals surface area contributed by atoms with Crippen LogP contribution in [0.3, 0.4) is 0 Å². The lowest BCUT2D eigenvalue weighted by molar-refractivity contribution is 0.577. The van der Waals surface area contributed by atoms with Crippen molar-refractivity contribution in [3.05, 3.63) is 46.2 Å². The summed E-state index contributed by atoms with van der Waals surface area (Å²) in [6.07, 6.45) is 6.68. The lowest BCUT2D eigenvalue weighted by Gasteiger charge is -2.12. The zero-order chi connectivity index (χ0) is 12.1. The molecule has 2 rings (SSSR count).